The van der Waals surface area contributed by atoms with Gasteiger partial charge >= 0.3 is 0 Å². The summed E-state index contributed by atoms with van der Waals surface area (Å²) in [6.45, 7) is 1.94. The monoisotopic (exact) mass is 466 g/mol. The van der Waals surface area contributed by atoms with Crippen LogP contribution in [0.3, 0.4) is 0 Å². The molecule has 9 heteroatoms. The van der Waals surface area contributed by atoms with Crippen molar-refractivity contribution in [3.8, 4) is 22.1 Å². The summed E-state index contributed by atoms with van der Waals surface area (Å²) in [6.07, 6.45) is 1.63. The SMILES string of the molecule is Cc1nc(-c2ccccc2)c(Oc2ccnc(Nc3cccc(S(=O)(=O)N(C)C)c3)c2)s1. The number of anilines is 2. The van der Waals surface area contributed by atoms with E-state index in [9.17, 15) is 8.42 Å². The molecule has 4 aromatic rings. The molecule has 0 spiro atoms. The fraction of sp³-hybridized carbons (Fsp3) is 0.130. The van der Waals surface area contributed by atoms with Crippen LogP contribution in [0.2, 0.25) is 0 Å². The van der Waals surface area contributed by atoms with Gasteiger partial charge in [0.25, 0.3) is 0 Å². The van der Waals surface area contributed by atoms with Gasteiger partial charge in [-0.25, -0.2) is 22.7 Å². The van der Waals surface area contributed by atoms with Crippen LogP contribution < -0.4 is 10.1 Å². The van der Waals surface area contributed by atoms with Gasteiger partial charge in [0.05, 0.1) is 9.90 Å². The van der Waals surface area contributed by atoms with Gasteiger partial charge in [0.1, 0.15) is 17.3 Å². The van der Waals surface area contributed by atoms with E-state index in [2.05, 4.69) is 15.3 Å². The van der Waals surface area contributed by atoms with Gasteiger partial charge in [-0.2, -0.15) is 0 Å². The second kappa shape index (κ2) is 9.07. The van der Waals surface area contributed by atoms with Gasteiger partial charge in [-0.3, -0.25) is 0 Å². The van der Waals surface area contributed by atoms with E-state index in [1.807, 2.05) is 37.3 Å². The Kier molecular flexibility index (Phi) is 6.22. The van der Waals surface area contributed by atoms with E-state index in [1.165, 1.54) is 29.7 Å². The molecular weight excluding hydrogens is 444 g/mol. The van der Waals surface area contributed by atoms with Crippen LogP contribution in [0.15, 0.2) is 77.8 Å². The molecule has 0 atom stereocenters. The average molecular weight is 467 g/mol. The first-order valence-electron chi connectivity index (χ1n) is 9.79. The van der Waals surface area contributed by atoms with Crippen LogP contribution in [0, 0.1) is 6.92 Å². The van der Waals surface area contributed by atoms with E-state index in [-0.39, 0.29) is 4.90 Å². The Hall–Kier alpha value is -3.27. The van der Waals surface area contributed by atoms with Gasteiger partial charge in [-0.15, -0.1) is 0 Å². The molecular formula is C23H22N4O3S2. The molecule has 0 saturated heterocycles. The number of rotatable bonds is 7. The molecule has 0 fully saturated rings. The zero-order valence-electron chi connectivity index (χ0n) is 17.8. The molecule has 0 aliphatic carbocycles. The predicted molar refractivity (Wildman–Crippen MR) is 127 cm³/mol. The molecule has 0 radical (unpaired) electrons. The summed E-state index contributed by atoms with van der Waals surface area (Å²) in [5, 5.41) is 4.75. The van der Waals surface area contributed by atoms with E-state index >= 15 is 0 Å². The highest BCUT2D eigenvalue weighted by Gasteiger charge is 2.17. The van der Waals surface area contributed by atoms with Gasteiger partial charge < -0.3 is 10.1 Å². The maximum absolute atomic E-state index is 12.4. The normalized spacial score (nSPS) is 11.5. The van der Waals surface area contributed by atoms with Crippen LogP contribution in [0.4, 0.5) is 11.5 Å². The first-order chi connectivity index (χ1) is 15.3. The smallest absolute Gasteiger partial charge is 0.242 e. The van der Waals surface area contributed by atoms with Gasteiger partial charge in [0, 0.05) is 37.6 Å². The van der Waals surface area contributed by atoms with Crippen molar-refractivity contribution < 1.29 is 13.2 Å². The lowest BCUT2D eigenvalue weighted by atomic mass is 10.2. The number of sulfonamides is 1. The lowest BCUT2D eigenvalue weighted by Gasteiger charge is -2.13. The number of aryl methyl sites for hydroxylation is 1. The largest absolute Gasteiger partial charge is 0.444 e. The van der Waals surface area contributed by atoms with Crippen LogP contribution in [0.1, 0.15) is 5.01 Å². The lowest BCUT2D eigenvalue weighted by molar-refractivity contribution is 0.496. The van der Waals surface area contributed by atoms with Crippen molar-refractivity contribution in [2.75, 3.05) is 19.4 Å². The minimum atomic E-state index is -3.53. The van der Waals surface area contributed by atoms with Crippen LogP contribution >= 0.6 is 11.3 Å². The highest BCUT2D eigenvalue weighted by atomic mass is 32.2. The number of hydrogen-bond donors (Lipinski definition) is 1. The van der Waals surface area contributed by atoms with E-state index in [0.29, 0.717) is 22.3 Å². The molecule has 0 bridgehead atoms. The van der Waals surface area contributed by atoms with Crippen molar-refractivity contribution in [1.82, 2.24) is 14.3 Å². The quantitative estimate of drug-likeness (QED) is 0.398. The zero-order valence-corrected chi connectivity index (χ0v) is 19.4. The van der Waals surface area contributed by atoms with E-state index in [1.54, 1.807) is 42.6 Å². The lowest BCUT2D eigenvalue weighted by Crippen LogP contribution is -2.22. The third-order valence-electron chi connectivity index (χ3n) is 4.58. The zero-order chi connectivity index (χ0) is 22.7. The first-order valence-corrected chi connectivity index (χ1v) is 12.0. The number of thiazole rings is 1. The summed E-state index contributed by atoms with van der Waals surface area (Å²) in [4.78, 5) is 9.14. The Labute approximate surface area is 191 Å². The second-order valence-electron chi connectivity index (χ2n) is 7.15. The van der Waals surface area contributed by atoms with E-state index in [4.69, 9.17) is 4.74 Å². The Balaban J connectivity index is 1.58. The summed E-state index contributed by atoms with van der Waals surface area (Å²) in [7, 11) is -0.521. The molecule has 0 aliphatic rings. The minimum Gasteiger partial charge on any atom is -0.444 e. The fourth-order valence-electron chi connectivity index (χ4n) is 3.00. The minimum absolute atomic E-state index is 0.201. The molecule has 32 heavy (non-hydrogen) atoms. The third kappa shape index (κ3) is 4.80. The van der Waals surface area contributed by atoms with Crippen LogP contribution in [-0.2, 0) is 10.0 Å². The van der Waals surface area contributed by atoms with Gasteiger partial charge in [0.15, 0.2) is 0 Å². The van der Waals surface area contributed by atoms with Gasteiger partial charge in [-0.1, -0.05) is 47.7 Å². The fourth-order valence-corrected chi connectivity index (χ4v) is 4.75. The highest BCUT2D eigenvalue weighted by molar-refractivity contribution is 7.89. The number of benzene rings is 2. The number of nitrogens with one attached hydrogen (secondary N) is 1. The van der Waals surface area contributed by atoms with Crippen LogP contribution in [0.25, 0.3) is 11.3 Å². The summed E-state index contributed by atoms with van der Waals surface area (Å²) < 4.78 is 32.1. The summed E-state index contributed by atoms with van der Waals surface area (Å²) in [5.41, 5.74) is 2.38. The third-order valence-corrected chi connectivity index (χ3v) is 7.24. The van der Waals surface area contributed by atoms with E-state index < -0.39 is 10.0 Å². The summed E-state index contributed by atoms with van der Waals surface area (Å²) in [6, 6.07) is 20.0. The molecule has 1 N–H and O–H groups in total. The molecule has 0 aliphatic heterocycles. The van der Waals surface area contributed by atoms with Crippen LogP contribution in [-0.4, -0.2) is 36.8 Å². The van der Waals surface area contributed by atoms with E-state index in [0.717, 1.165) is 16.3 Å². The van der Waals surface area contributed by atoms with Crippen LogP contribution in [0.5, 0.6) is 10.8 Å². The molecule has 0 saturated carbocycles. The first kappa shape index (κ1) is 21.9. The Morgan fingerprint density at radius 3 is 2.53 bits per heavy atom. The molecule has 2 heterocycles. The number of nitrogens with zero attached hydrogens (tertiary/aromatic N) is 3. The van der Waals surface area contributed by atoms with Crippen molar-refractivity contribution in [3.05, 3.63) is 77.9 Å². The summed E-state index contributed by atoms with van der Waals surface area (Å²) in [5.74, 6) is 1.13. The van der Waals surface area contributed by atoms with Gasteiger partial charge in [-0.05, 0) is 31.2 Å². The molecule has 0 unspecified atom stereocenters. The number of pyridine rings is 1. The Morgan fingerprint density at radius 1 is 1.00 bits per heavy atom. The molecule has 0 amide bonds. The standard InChI is InChI=1S/C23H22N4O3S2/c1-16-25-22(17-8-5-4-6-9-17)23(31-16)30-19-12-13-24-21(15-19)26-18-10-7-11-20(14-18)32(28,29)27(2)3/h4-15H,1-3H3,(H,24,26). The maximum Gasteiger partial charge on any atom is 0.242 e. The highest BCUT2D eigenvalue weighted by Crippen LogP contribution is 2.38. The average Bonchev–Trinajstić information content (AvgIpc) is 3.14. The van der Waals surface area contributed by atoms with Crippen molar-refractivity contribution in [1.29, 1.82) is 0 Å². The van der Waals surface area contributed by atoms with Crippen molar-refractivity contribution >= 4 is 32.9 Å². The molecule has 4 rings (SSSR count). The van der Waals surface area contributed by atoms with Crippen molar-refractivity contribution in [2.45, 2.75) is 11.8 Å². The topological polar surface area (TPSA) is 84.4 Å². The molecule has 164 valence electrons. The molecule has 2 aromatic carbocycles. The number of aromatic nitrogens is 2. The molecule has 2 aromatic heterocycles. The number of ether oxygens (including phenoxy) is 1. The maximum atomic E-state index is 12.4. The Bertz CT molecular complexity index is 1340. The van der Waals surface area contributed by atoms with Crippen molar-refractivity contribution in [3.63, 3.8) is 0 Å². The van der Waals surface area contributed by atoms with Crippen molar-refractivity contribution in [2.24, 2.45) is 0 Å². The van der Waals surface area contributed by atoms with Gasteiger partial charge in [0.2, 0.25) is 15.1 Å². The second-order valence-corrected chi connectivity index (χ2v) is 10.5. The predicted octanol–water partition coefficient (Wildman–Crippen LogP) is 5.30. The molecule has 7 nitrogen and oxygen atoms in total. The summed E-state index contributed by atoms with van der Waals surface area (Å²) >= 11 is 1.48. The number of hydrogen-bond acceptors (Lipinski definition) is 7. The Morgan fingerprint density at radius 2 is 1.78 bits per heavy atom.